The van der Waals surface area contributed by atoms with Crippen LogP contribution >= 0.6 is 23.4 Å². The fraction of sp³-hybridized carbons (Fsp3) is 0.462. The van der Waals surface area contributed by atoms with Crippen molar-refractivity contribution in [3.05, 3.63) is 28.8 Å². The predicted molar refractivity (Wildman–Crippen MR) is 81.4 cm³/mol. The molecule has 1 N–H and O–H groups in total. The molecule has 20 heavy (non-hydrogen) atoms. The smallest absolute Gasteiger partial charge is 0.211 e. The van der Waals surface area contributed by atoms with Crippen molar-refractivity contribution < 1.29 is 8.42 Å². The van der Waals surface area contributed by atoms with Gasteiger partial charge in [-0.25, -0.2) is 13.1 Å². The highest BCUT2D eigenvalue weighted by Gasteiger charge is 2.21. The van der Waals surface area contributed by atoms with Gasteiger partial charge in [0.05, 0.1) is 16.7 Å². The monoisotopic (exact) mass is 330 g/mol. The summed E-state index contributed by atoms with van der Waals surface area (Å²) >= 11 is 7.83. The topological polar surface area (TPSA) is 70.0 Å². The van der Waals surface area contributed by atoms with E-state index < -0.39 is 10.0 Å². The van der Waals surface area contributed by atoms with Gasteiger partial charge < -0.3 is 0 Å². The summed E-state index contributed by atoms with van der Waals surface area (Å²) in [5.41, 5.74) is 0.281. The molecule has 0 aliphatic carbocycles. The van der Waals surface area contributed by atoms with Crippen molar-refractivity contribution in [2.24, 2.45) is 5.92 Å². The molecular formula is C13H15ClN2O2S2. The van der Waals surface area contributed by atoms with Crippen LogP contribution in [-0.2, 0) is 10.0 Å². The summed E-state index contributed by atoms with van der Waals surface area (Å²) in [6, 6.07) is 6.16. The standard InChI is InChI=1S/C13H15ClN2O2S2/c14-12-2-1-11(8-15)7-13(12)20(17,18)16-9-10-3-5-19-6-4-10/h1-2,7,10,16H,3-6,9H2. The molecule has 1 aliphatic rings. The Morgan fingerprint density at radius 2 is 2.10 bits per heavy atom. The highest BCUT2D eigenvalue weighted by atomic mass is 35.5. The van der Waals surface area contributed by atoms with E-state index in [2.05, 4.69) is 4.72 Å². The number of hydrogen-bond acceptors (Lipinski definition) is 4. The molecule has 4 nitrogen and oxygen atoms in total. The molecule has 0 unspecified atom stereocenters. The SMILES string of the molecule is N#Cc1ccc(Cl)c(S(=O)(=O)NCC2CCSCC2)c1. The van der Waals surface area contributed by atoms with E-state index in [1.54, 1.807) is 0 Å². The zero-order valence-corrected chi connectivity index (χ0v) is 13.2. The van der Waals surface area contributed by atoms with Gasteiger partial charge in [-0.3, -0.25) is 0 Å². The maximum atomic E-state index is 12.3. The molecule has 0 amide bonds. The fourth-order valence-corrected chi connectivity index (χ4v) is 4.88. The Labute approximate surface area is 128 Å². The molecule has 1 heterocycles. The molecule has 0 spiro atoms. The van der Waals surface area contributed by atoms with Gasteiger partial charge in [-0.15, -0.1) is 0 Å². The van der Waals surface area contributed by atoms with Crippen LogP contribution in [-0.4, -0.2) is 26.5 Å². The van der Waals surface area contributed by atoms with E-state index >= 15 is 0 Å². The van der Waals surface area contributed by atoms with Crippen LogP contribution in [0.3, 0.4) is 0 Å². The van der Waals surface area contributed by atoms with Crippen molar-refractivity contribution in [1.82, 2.24) is 4.72 Å². The number of benzene rings is 1. The molecule has 1 saturated heterocycles. The van der Waals surface area contributed by atoms with E-state index in [1.165, 1.54) is 18.2 Å². The third-order valence-corrected chi connectivity index (χ3v) is 6.21. The van der Waals surface area contributed by atoms with Gasteiger partial charge in [0.15, 0.2) is 0 Å². The maximum Gasteiger partial charge on any atom is 0.242 e. The van der Waals surface area contributed by atoms with Crippen LogP contribution in [0.1, 0.15) is 18.4 Å². The number of sulfonamides is 1. The van der Waals surface area contributed by atoms with Gasteiger partial charge in [-0.1, -0.05) is 11.6 Å². The van der Waals surface area contributed by atoms with Gasteiger partial charge in [0.1, 0.15) is 4.90 Å². The summed E-state index contributed by atoms with van der Waals surface area (Å²) in [5.74, 6) is 2.54. The molecule has 108 valence electrons. The predicted octanol–water partition coefficient (Wildman–Crippen LogP) is 2.63. The molecule has 0 bridgehead atoms. The number of nitriles is 1. The molecule has 0 radical (unpaired) electrons. The Bertz CT molecular complexity index is 620. The van der Waals surface area contributed by atoms with Gasteiger partial charge in [0, 0.05) is 6.54 Å². The van der Waals surface area contributed by atoms with Crippen LogP contribution in [0.4, 0.5) is 0 Å². The summed E-state index contributed by atoms with van der Waals surface area (Å²) in [6.07, 6.45) is 2.05. The highest BCUT2D eigenvalue weighted by Crippen LogP contribution is 2.25. The van der Waals surface area contributed by atoms with Gasteiger partial charge >= 0.3 is 0 Å². The van der Waals surface area contributed by atoms with Gasteiger partial charge in [0.25, 0.3) is 0 Å². The van der Waals surface area contributed by atoms with Crippen molar-refractivity contribution in [3.63, 3.8) is 0 Å². The lowest BCUT2D eigenvalue weighted by molar-refractivity contribution is 0.476. The summed E-state index contributed by atoms with van der Waals surface area (Å²) in [6.45, 7) is 0.427. The number of thioether (sulfide) groups is 1. The Morgan fingerprint density at radius 3 is 2.75 bits per heavy atom. The summed E-state index contributed by atoms with van der Waals surface area (Å²) in [5, 5.41) is 8.98. The third kappa shape index (κ3) is 3.89. The average molecular weight is 331 g/mol. The van der Waals surface area contributed by atoms with Crippen molar-refractivity contribution in [3.8, 4) is 6.07 Å². The first-order chi connectivity index (χ1) is 9.53. The van der Waals surface area contributed by atoms with Crippen LogP contribution < -0.4 is 4.72 Å². The van der Waals surface area contributed by atoms with E-state index in [9.17, 15) is 8.42 Å². The van der Waals surface area contributed by atoms with Gasteiger partial charge in [0.2, 0.25) is 10.0 Å². The zero-order valence-electron chi connectivity index (χ0n) is 10.8. The third-order valence-electron chi connectivity index (χ3n) is 3.25. The maximum absolute atomic E-state index is 12.3. The second kappa shape index (κ2) is 6.81. The van der Waals surface area contributed by atoms with E-state index in [-0.39, 0.29) is 15.5 Å². The summed E-state index contributed by atoms with van der Waals surface area (Å²) < 4.78 is 27.1. The largest absolute Gasteiger partial charge is 0.242 e. The molecule has 1 fully saturated rings. The van der Waals surface area contributed by atoms with Gasteiger partial charge in [-0.2, -0.15) is 17.0 Å². The minimum Gasteiger partial charge on any atom is -0.211 e. The first-order valence-corrected chi connectivity index (χ1v) is 9.31. The van der Waals surface area contributed by atoms with Crippen LogP contribution in [0.5, 0.6) is 0 Å². The van der Waals surface area contributed by atoms with Crippen molar-refractivity contribution in [2.45, 2.75) is 17.7 Å². The Morgan fingerprint density at radius 1 is 1.40 bits per heavy atom. The molecule has 0 saturated carbocycles. The van der Waals surface area contributed by atoms with Crippen LogP contribution in [0.15, 0.2) is 23.1 Å². The lowest BCUT2D eigenvalue weighted by Crippen LogP contribution is -2.31. The van der Waals surface area contributed by atoms with Crippen molar-refractivity contribution >= 4 is 33.4 Å². The lowest BCUT2D eigenvalue weighted by atomic mass is 10.0. The quantitative estimate of drug-likeness (QED) is 0.921. The van der Waals surface area contributed by atoms with Crippen molar-refractivity contribution in [1.29, 1.82) is 5.26 Å². The minimum atomic E-state index is -3.66. The molecule has 0 atom stereocenters. The van der Waals surface area contributed by atoms with Crippen LogP contribution in [0.25, 0.3) is 0 Å². The van der Waals surface area contributed by atoms with Gasteiger partial charge in [-0.05, 0) is 48.5 Å². The molecule has 0 aromatic heterocycles. The first kappa shape index (κ1) is 15.6. The van der Waals surface area contributed by atoms with E-state index in [0.29, 0.717) is 12.5 Å². The van der Waals surface area contributed by atoms with E-state index in [1.807, 2.05) is 17.8 Å². The molecule has 2 rings (SSSR count). The number of hydrogen-bond donors (Lipinski definition) is 1. The zero-order chi connectivity index (χ0) is 14.6. The van der Waals surface area contributed by atoms with Crippen molar-refractivity contribution in [2.75, 3.05) is 18.1 Å². The Hall–Kier alpha value is -0.740. The minimum absolute atomic E-state index is 0.0246. The normalized spacial score (nSPS) is 16.8. The van der Waals surface area contributed by atoms with Crippen LogP contribution in [0.2, 0.25) is 5.02 Å². The Balaban J connectivity index is 2.11. The van der Waals surface area contributed by atoms with Crippen LogP contribution in [0, 0.1) is 17.2 Å². The fourth-order valence-electron chi connectivity index (χ4n) is 2.03. The van der Waals surface area contributed by atoms with E-state index in [0.717, 1.165) is 24.3 Å². The number of rotatable bonds is 4. The summed E-state index contributed by atoms with van der Waals surface area (Å²) in [4.78, 5) is -0.0246. The highest BCUT2D eigenvalue weighted by molar-refractivity contribution is 7.99. The molecule has 1 aliphatic heterocycles. The number of nitrogens with one attached hydrogen (secondary N) is 1. The average Bonchev–Trinajstić information content (AvgIpc) is 2.47. The lowest BCUT2D eigenvalue weighted by Gasteiger charge is -2.21. The molecule has 1 aromatic carbocycles. The first-order valence-electron chi connectivity index (χ1n) is 6.30. The molecule has 1 aromatic rings. The number of halogens is 1. The molecule has 7 heteroatoms. The Kier molecular flexibility index (Phi) is 5.33. The number of nitrogens with zero attached hydrogens (tertiary/aromatic N) is 1. The summed E-state index contributed by atoms with van der Waals surface area (Å²) in [7, 11) is -3.66. The molecular weight excluding hydrogens is 316 g/mol. The van der Waals surface area contributed by atoms with E-state index in [4.69, 9.17) is 16.9 Å². The second-order valence-corrected chi connectivity index (χ2v) is 8.03. The second-order valence-electron chi connectivity index (χ2n) is 4.66.